The lowest BCUT2D eigenvalue weighted by Crippen LogP contribution is -2.08. The molecule has 1 atom stereocenters. The first-order valence-electron chi connectivity index (χ1n) is 4.19. The molecule has 1 aromatic rings. The lowest BCUT2D eigenvalue weighted by molar-refractivity contribution is 0.112. The van der Waals surface area contributed by atoms with Gasteiger partial charge in [0.25, 0.3) is 0 Å². The van der Waals surface area contributed by atoms with E-state index in [0.29, 0.717) is 11.6 Å². The number of rotatable bonds is 2. The molecular weight excluding hydrogens is 166 g/mol. The number of aromatic nitrogens is 2. The van der Waals surface area contributed by atoms with Crippen molar-refractivity contribution in [2.24, 2.45) is 0 Å². The van der Waals surface area contributed by atoms with Crippen LogP contribution in [0.2, 0.25) is 0 Å². The van der Waals surface area contributed by atoms with Gasteiger partial charge in [0.1, 0.15) is 11.9 Å². The van der Waals surface area contributed by atoms with E-state index in [1.807, 2.05) is 20.8 Å². The molecule has 0 fully saturated rings. The van der Waals surface area contributed by atoms with Crippen molar-refractivity contribution in [3.63, 3.8) is 0 Å². The van der Waals surface area contributed by atoms with E-state index in [2.05, 4.69) is 9.97 Å². The summed E-state index contributed by atoms with van der Waals surface area (Å²) in [6.45, 7) is 5.72. The van der Waals surface area contributed by atoms with Gasteiger partial charge in [0.15, 0.2) is 5.82 Å². The average Bonchev–Trinajstić information content (AvgIpc) is 2.12. The topological polar surface area (TPSA) is 61.0 Å². The van der Waals surface area contributed by atoms with Gasteiger partial charge in [-0.2, -0.15) is 0 Å². The number of nitrogens with zero attached hydrogens (tertiary/aromatic N) is 2. The largest absolute Gasteiger partial charge is 0.383 e. The monoisotopic (exact) mass is 181 g/mol. The van der Waals surface area contributed by atoms with Gasteiger partial charge < -0.3 is 10.5 Å². The third-order valence-corrected chi connectivity index (χ3v) is 2.16. The van der Waals surface area contributed by atoms with E-state index in [0.717, 1.165) is 11.3 Å². The molecule has 1 aromatic heterocycles. The van der Waals surface area contributed by atoms with Crippen molar-refractivity contribution in [2.45, 2.75) is 26.9 Å². The number of methoxy groups -OCH3 is 1. The smallest absolute Gasteiger partial charge is 0.159 e. The minimum atomic E-state index is -0.110. The highest BCUT2D eigenvalue weighted by Gasteiger charge is 2.10. The Bertz CT molecular complexity index is 289. The molecule has 4 nitrogen and oxygen atoms in total. The van der Waals surface area contributed by atoms with E-state index in [1.165, 1.54) is 0 Å². The van der Waals surface area contributed by atoms with Crippen LogP contribution in [0.1, 0.15) is 30.1 Å². The number of nitrogens with two attached hydrogens (primary N) is 1. The van der Waals surface area contributed by atoms with Gasteiger partial charge in [0.05, 0.1) is 0 Å². The molecule has 2 N–H and O–H groups in total. The second kappa shape index (κ2) is 3.70. The fourth-order valence-electron chi connectivity index (χ4n) is 0.960. The SMILES string of the molecule is COC(C)c1nc(C)c(C)c(N)n1. The molecular formula is C9H15N3O. The van der Waals surface area contributed by atoms with Gasteiger partial charge in [-0.25, -0.2) is 9.97 Å². The molecule has 0 saturated heterocycles. The van der Waals surface area contributed by atoms with Crippen LogP contribution in [-0.4, -0.2) is 17.1 Å². The third kappa shape index (κ3) is 1.95. The summed E-state index contributed by atoms with van der Waals surface area (Å²) in [5.74, 6) is 1.18. The third-order valence-electron chi connectivity index (χ3n) is 2.16. The summed E-state index contributed by atoms with van der Waals surface area (Å²) < 4.78 is 5.11. The molecule has 0 aromatic carbocycles. The standard InChI is InChI=1S/C9H15N3O/c1-5-6(2)11-9(7(3)13-4)12-8(5)10/h7H,1-4H3,(H2,10,11,12). The average molecular weight is 181 g/mol. The van der Waals surface area contributed by atoms with Crippen molar-refractivity contribution in [3.05, 3.63) is 17.1 Å². The molecule has 0 radical (unpaired) electrons. The van der Waals surface area contributed by atoms with Crippen molar-refractivity contribution in [1.82, 2.24) is 9.97 Å². The number of aryl methyl sites for hydroxylation is 1. The van der Waals surface area contributed by atoms with Gasteiger partial charge >= 0.3 is 0 Å². The molecule has 0 aliphatic heterocycles. The molecule has 1 heterocycles. The summed E-state index contributed by atoms with van der Waals surface area (Å²) in [5, 5.41) is 0. The molecule has 4 heteroatoms. The minimum Gasteiger partial charge on any atom is -0.383 e. The second-order valence-electron chi connectivity index (χ2n) is 3.06. The van der Waals surface area contributed by atoms with Gasteiger partial charge in [0, 0.05) is 18.4 Å². The van der Waals surface area contributed by atoms with Crippen molar-refractivity contribution in [2.75, 3.05) is 12.8 Å². The fourth-order valence-corrected chi connectivity index (χ4v) is 0.960. The lowest BCUT2D eigenvalue weighted by atomic mass is 10.2. The van der Waals surface area contributed by atoms with Crippen LogP contribution in [0, 0.1) is 13.8 Å². The van der Waals surface area contributed by atoms with Crippen LogP contribution < -0.4 is 5.73 Å². The van der Waals surface area contributed by atoms with Gasteiger partial charge in [0.2, 0.25) is 0 Å². The normalized spacial score (nSPS) is 12.9. The van der Waals surface area contributed by atoms with E-state index in [-0.39, 0.29) is 6.10 Å². The second-order valence-corrected chi connectivity index (χ2v) is 3.06. The molecule has 0 amide bonds. The zero-order chi connectivity index (χ0) is 10.0. The first-order valence-corrected chi connectivity index (χ1v) is 4.19. The Kier molecular flexibility index (Phi) is 2.83. The summed E-state index contributed by atoms with van der Waals surface area (Å²) in [4.78, 5) is 8.43. The first-order chi connectivity index (χ1) is 6.06. The first kappa shape index (κ1) is 9.92. The maximum absolute atomic E-state index is 5.71. The van der Waals surface area contributed by atoms with E-state index >= 15 is 0 Å². The van der Waals surface area contributed by atoms with Crippen LogP contribution >= 0.6 is 0 Å². The van der Waals surface area contributed by atoms with E-state index < -0.39 is 0 Å². The zero-order valence-corrected chi connectivity index (χ0v) is 8.46. The summed E-state index contributed by atoms with van der Waals surface area (Å²) >= 11 is 0. The van der Waals surface area contributed by atoms with Gasteiger partial charge in [-0.1, -0.05) is 0 Å². The number of hydrogen-bond acceptors (Lipinski definition) is 4. The quantitative estimate of drug-likeness (QED) is 0.748. The fraction of sp³-hybridized carbons (Fsp3) is 0.556. The van der Waals surface area contributed by atoms with Crippen molar-refractivity contribution in [1.29, 1.82) is 0 Å². The lowest BCUT2D eigenvalue weighted by Gasteiger charge is -2.11. The number of nitrogen functional groups attached to an aromatic ring is 1. The highest BCUT2D eigenvalue weighted by molar-refractivity contribution is 5.40. The molecule has 1 rings (SSSR count). The number of hydrogen-bond donors (Lipinski definition) is 1. The minimum absolute atomic E-state index is 0.110. The maximum atomic E-state index is 5.71. The highest BCUT2D eigenvalue weighted by Crippen LogP contribution is 2.16. The van der Waals surface area contributed by atoms with Crippen LogP contribution in [-0.2, 0) is 4.74 Å². The Morgan fingerprint density at radius 2 is 1.92 bits per heavy atom. The Morgan fingerprint density at radius 1 is 1.31 bits per heavy atom. The van der Waals surface area contributed by atoms with E-state index in [1.54, 1.807) is 7.11 Å². The van der Waals surface area contributed by atoms with Crippen LogP contribution in [0.15, 0.2) is 0 Å². The predicted octanol–water partition coefficient (Wildman–Crippen LogP) is 1.38. The van der Waals surface area contributed by atoms with Gasteiger partial charge in [-0.15, -0.1) is 0 Å². The summed E-state index contributed by atoms with van der Waals surface area (Å²) in [5.41, 5.74) is 7.55. The zero-order valence-electron chi connectivity index (χ0n) is 8.46. The Labute approximate surface area is 78.1 Å². The van der Waals surface area contributed by atoms with E-state index in [9.17, 15) is 0 Å². The van der Waals surface area contributed by atoms with E-state index in [4.69, 9.17) is 10.5 Å². The van der Waals surface area contributed by atoms with Crippen LogP contribution in [0.25, 0.3) is 0 Å². The van der Waals surface area contributed by atoms with Crippen molar-refractivity contribution in [3.8, 4) is 0 Å². The molecule has 1 unspecified atom stereocenters. The summed E-state index contributed by atoms with van der Waals surface area (Å²) in [6, 6.07) is 0. The van der Waals surface area contributed by atoms with Gasteiger partial charge in [-0.3, -0.25) is 0 Å². The highest BCUT2D eigenvalue weighted by atomic mass is 16.5. The number of anilines is 1. The van der Waals surface area contributed by atoms with Crippen LogP contribution in [0.3, 0.4) is 0 Å². The van der Waals surface area contributed by atoms with Gasteiger partial charge in [-0.05, 0) is 20.8 Å². The Balaban J connectivity index is 3.13. The van der Waals surface area contributed by atoms with Crippen LogP contribution in [0.5, 0.6) is 0 Å². The molecule has 72 valence electrons. The molecule has 0 spiro atoms. The maximum Gasteiger partial charge on any atom is 0.159 e. The summed E-state index contributed by atoms with van der Waals surface area (Å²) in [6.07, 6.45) is -0.110. The molecule has 0 saturated carbocycles. The molecule has 13 heavy (non-hydrogen) atoms. The molecule has 0 aliphatic carbocycles. The summed E-state index contributed by atoms with van der Waals surface area (Å²) in [7, 11) is 1.62. The molecule has 0 aliphatic rings. The molecule has 0 bridgehead atoms. The van der Waals surface area contributed by atoms with Crippen molar-refractivity contribution >= 4 is 5.82 Å². The van der Waals surface area contributed by atoms with Crippen LogP contribution in [0.4, 0.5) is 5.82 Å². The Hall–Kier alpha value is -1.16. The number of ether oxygens (including phenoxy) is 1. The predicted molar refractivity (Wildman–Crippen MR) is 51.3 cm³/mol. The Morgan fingerprint density at radius 3 is 2.38 bits per heavy atom. The van der Waals surface area contributed by atoms with Crippen molar-refractivity contribution < 1.29 is 4.74 Å².